The first kappa shape index (κ1) is 24.3. The highest BCUT2D eigenvalue weighted by Gasteiger charge is 1.96. The number of amides is 1. The van der Waals surface area contributed by atoms with Crippen LogP contribution in [0.4, 0.5) is 0 Å². The summed E-state index contributed by atoms with van der Waals surface area (Å²) >= 11 is 2.01. The molecule has 1 N–H and O–H groups in total. The fraction of sp³-hybridized carbons (Fsp3) is 0.929. The van der Waals surface area contributed by atoms with Gasteiger partial charge in [-0.2, -0.15) is 0 Å². The minimum atomic E-state index is 0.0134. The molecule has 0 bridgehead atoms. The van der Waals surface area contributed by atoms with Gasteiger partial charge in [0.15, 0.2) is 0 Å². The van der Waals surface area contributed by atoms with Gasteiger partial charge in [-0.1, -0.05) is 27.7 Å². The van der Waals surface area contributed by atoms with E-state index < -0.39 is 0 Å². The van der Waals surface area contributed by atoms with Crippen molar-refractivity contribution in [1.29, 1.82) is 0 Å². The van der Waals surface area contributed by atoms with E-state index in [2.05, 4.69) is 15.3 Å². The van der Waals surface area contributed by atoms with Crippen LogP contribution in [0, 0.1) is 0 Å². The van der Waals surface area contributed by atoms with Crippen molar-refractivity contribution in [2.45, 2.75) is 0 Å². The van der Waals surface area contributed by atoms with Crippen LogP contribution in [0.15, 0.2) is 5.11 Å². The third-order valence-corrected chi connectivity index (χ3v) is 3.27. The predicted octanol–water partition coefficient (Wildman–Crippen LogP) is 0.931. The van der Waals surface area contributed by atoms with E-state index in [-0.39, 0.29) is 5.91 Å². The van der Waals surface area contributed by atoms with Crippen LogP contribution in [-0.4, -0.2) is 89.5 Å². The molecule has 0 aromatic heterocycles. The zero-order valence-corrected chi connectivity index (χ0v) is 16.5. The van der Waals surface area contributed by atoms with Gasteiger partial charge in [0.25, 0.3) is 0 Å². The summed E-state index contributed by atoms with van der Waals surface area (Å²) in [7, 11) is 0. The largest absolute Gasteiger partial charge is 0.379 e. The summed E-state index contributed by atoms with van der Waals surface area (Å²) in [6.07, 6.45) is 0. The molecule has 0 fully saturated rings. The second kappa shape index (κ2) is 21.4. The third kappa shape index (κ3) is 21.3. The molecule has 25 heavy (non-hydrogen) atoms. The summed E-state index contributed by atoms with van der Waals surface area (Å²) in [4.78, 5) is 13.6. The van der Waals surface area contributed by atoms with Gasteiger partial charge in [0.1, 0.15) is 0 Å². The number of carbonyl (C=O) groups is 1. The van der Waals surface area contributed by atoms with Crippen molar-refractivity contribution in [2.75, 3.05) is 83.6 Å². The van der Waals surface area contributed by atoms with Gasteiger partial charge in [0.05, 0.1) is 70.5 Å². The smallest absolute Gasteiger partial charge is 0.229 e. The number of hydrogen-bond donors (Lipinski definition) is 1. The summed E-state index contributed by atoms with van der Waals surface area (Å²) in [6, 6.07) is 0. The number of nitrogens with one attached hydrogen (secondary N) is 1. The lowest BCUT2D eigenvalue weighted by Gasteiger charge is -2.08. The van der Waals surface area contributed by atoms with E-state index in [0.29, 0.717) is 83.6 Å². The highest BCUT2D eigenvalue weighted by atomic mass is 127. The van der Waals surface area contributed by atoms with Crippen LogP contribution in [0.1, 0.15) is 0 Å². The van der Waals surface area contributed by atoms with Crippen LogP contribution >= 0.6 is 22.6 Å². The number of alkyl halides is 1. The standard InChI is InChI=1S/C14H27IN4O6/c15-13-14(20)17-1-3-21-5-7-23-9-11-25-12-10-24-8-6-22-4-2-18-19-16/h1-13H2,(H,17,20). The predicted molar refractivity (Wildman–Crippen MR) is 100 cm³/mol. The minimum Gasteiger partial charge on any atom is -0.379 e. The topological polar surface area (TPSA) is 124 Å². The summed E-state index contributed by atoms with van der Waals surface area (Å²) < 4.78 is 26.9. The molecular formula is C14H27IN4O6. The Morgan fingerprint density at radius 1 is 0.840 bits per heavy atom. The number of azide groups is 1. The number of hydrogen-bond acceptors (Lipinski definition) is 7. The average molecular weight is 474 g/mol. The Labute approximate surface area is 161 Å². The molecule has 0 aromatic carbocycles. The number of halogens is 1. The molecule has 0 aromatic rings. The molecule has 0 saturated heterocycles. The molecule has 11 heteroatoms. The molecule has 0 radical (unpaired) electrons. The molecule has 0 saturated carbocycles. The maximum absolute atomic E-state index is 11.0. The van der Waals surface area contributed by atoms with Crippen LogP contribution in [0.25, 0.3) is 10.4 Å². The lowest BCUT2D eigenvalue weighted by molar-refractivity contribution is -0.118. The zero-order valence-electron chi connectivity index (χ0n) is 14.4. The molecule has 0 unspecified atom stereocenters. The van der Waals surface area contributed by atoms with Crippen molar-refractivity contribution >= 4 is 28.5 Å². The molecule has 0 aliphatic carbocycles. The van der Waals surface area contributed by atoms with Crippen molar-refractivity contribution in [3.05, 3.63) is 10.4 Å². The molecule has 146 valence electrons. The molecule has 0 heterocycles. The maximum atomic E-state index is 11.0. The lowest BCUT2D eigenvalue weighted by Crippen LogP contribution is -2.28. The van der Waals surface area contributed by atoms with Crippen LogP contribution in [0.2, 0.25) is 0 Å². The van der Waals surface area contributed by atoms with E-state index in [1.54, 1.807) is 0 Å². The zero-order chi connectivity index (χ0) is 18.4. The normalized spacial score (nSPS) is 10.4. The number of rotatable bonds is 19. The van der Waals surface area contributed by atoms with E-state index in [1.165, 1.54) is 0 Å². The average Bonchev–Trinajstić information content (AvgIpc) is 2.63. The first-order chi connectivity index (χ1) is 12.3. The Morgan fingerprint density at radius 2 is 1.28 bits per heavy atom. The fourth-order valence-electron chi connectivity index (χ4n) is 1.44. The summed E-state index contributed by atoms with van der Waals surface area (Å²) in [5.41, 5.74) is 8.06. The van der Waals surface area contributed by atoms with Crippen molar-refractivity contribution in [3.63, 3.8) is 0 Å². The fourth-order valence-corrected chi connectivity index (χ4v) is 1.71. The van der Waals surface area contributed by atoms with E-state index in [9.17, 15) is 4.79 Å². The van der Waals surface area contributed by atoms with Crippen LogP contribution in [-0.2, 0) is 28.5 Å². The Morgan fingerprint density at radius 3 is 1.72 bits per heavy atom. The van der Waals surface area contributed by atoms with E-state index >= 15 is 0 Å². The summed E-state index contributed by atoms with van der Waals surface area (Å²) in [5.74, 6) is 0.0134. The maximum Gasteiger partial charge on any atom is 0.229 e. The van der Waals surface area contributed by atoms with Crippen molar-refractivity contribution in [2.24, 2.45) is 5.11 Å². The quantitative estimate of drug-likeness (QED) is 0.0742. The van der Waals surface area contributed by atoms with E-state index in [4.69, 9.17) is 29.2 Å². The molecular weight excluding hydrogens is 447 g/mol. The van der Waals surface area contributed by atoms with Gasteiger partial charge in [0, 0.05) is 18.0 Å². The van der Waals surface area contributed by atoms with Crippen LogP contribution in [0.3, 0.4) is 0 Å². The molecule has 0 aliphatic heterocycles. The Bertz CT molecular complexity index is 358. The summed E-state index contributed by atoms with van der Waals surface area (Å²) in [5, 5.41) is 6.07. The molecule has 0 atom stereocenters. The Hall–Kier alpha value is -0.690. The minimum absolute atomic E-state index is 0.0134. The van der Waals surface area contributed by atoms with Crippen LogP contribution < -0.4 is 5.32 Å². The first-order valence-corrected chi connectivity index (χ1v) is 9.56. The van der Waals surface area contributed by atoms with Gasteiger partial charge in [-0.3, -0.25) is 4.79 Å². The van der Waals surface area contributed by atoms with E-state index in [1.807, 2.05) is 22.6 Å². The second-order valence-electron chi connectivity index (χ2n) is 4.50. The molecule has 0 spiro atoms. The highest BCUT2D eigenvalue weighted by Crippen LogP contribution is 1.84. The van der Waals surface area contributed by atoms with Gasteiger partial charge in [-0.05, 0) is 5.53 Å². The summed E-state index contributed by atoms with van der Waals surface area (Å²) in [6.45, 7) is 5.64. The van der Waals surface area contributed by atoms with Crippen molar-refractivity contribution in [3.8, 4) is 0 Å². The Kier molecular flexibility index (Phi) is 20.8. The van der Waals surface area contributed by atoms with Gasteiger partial charge in [0.2, 0.25) is 5.91 Å². The number of carbonyl (C=O) groups excluding carboxylic acids is 1. The number of ether oxygens (including phenoxy) is 5. The molecule has 1 amide bonds. The van der Waals surface area contributed by atoms with Gasteiger partial charge >= 0.3 is 0 Å². The molecule has 0 rings (SSSR count). The SMILES string of the molecule is [N-]=[N+]=NCCOCCOCCOCCOCCOCCNC(=O)CI. The molecule has 10 nitrogen and oxygen atoms in total. The number of nitrogens with zero attached hydrogens (tertiary/aromatic N) is 3. The highest BCUT2D eigenvalue weighted by molar-refractivity contribution is 14.1. The third-order valence-electron chi connectivity index (χ3n) is 2.58. The van der Waals surface area contributed by atoms with Gasteiger partial charge in [-0.25, -0.2) is 0 Å². The Balaban J connectivity index is 3.02. The second-order valence-corrected chi connectivity index (χ2v) is 5.26. The molecule has 0 aliphatic rings. The van der Waals surface area contributed by atoms with Crippen molar-refractivity contribution in [1.82, 2.24) is 5.32 Å². The van der Waals surface area contributed by atoms with E-state index in [0.717, 1.165) is 0 Å². The monoisotopic (exact) mass is 474 g/mol. The van der Waals surface area contributed by atoms with Crippen molar-refractivity contribution < 1.29 is 28.5 Å². The van der Waals surface area contributed by atoms with Gasteiger partial charge < -0.3 is 29.0 Å². The first-order valence-electron chi connectivity index (χ1n) is 8.03. The lowest BCUT2D eigenvalue weighted by atomic mass is 10.6. The van der Waals surface area contributed by atoms with Crippen LogP contribution in [0.5, 0.6) is 0 Å². The van der Waals surface area contributed by atoms with Gasteiger partial charge in [-0.15, -0.1) is 0 Å².